The molecule has 1 aliphatic heterocycles. The lowest BCUT2D eigenvalue weighted by atomic mass is 10.1. The highest BCUT2D eigenvalue weighted by atomic mass is 19.1. The third-order valence-corrected chi connectivity index (χ3v) is 3.29. The van der Waals surface area contributed by atoms with E-state index in [1.807, 2.05) is 18.2 Å². The van der Waals surface area contributed by atoms with E-state index in [9.17, 15) is 4.39 Å². The molecule has 0 spiro atoms. The molecule has 0 aliphatic carbocycles. The predicted octanol–water partition coefficient (Wildman–Crippen LogP) is 3.15. The summed E-state index contributed by atoms with van der Waals surface area (Å²) in [7, 11) is 0. The average molecular weight is 289 g/mol. The summed E-state index contributed by atoms with van der Waals surface area (Å²) in [5.41, 5.74) is 7.44. The van der Waals surface area contributed by atoms with E-state index in [1.54, 1.807) is 13.0 Å². The molecular weight excluding hydrogens is 273 g/mol. The quantitative estimate of drug-likeness (QED) is 0.939. The summed E-state index contributed by atoms with van der Waals surface area (Å²) in [6.07, 6.45) is 0. The largest absolute Gasteiger partial charge is 0.489 e. The summed E-state index contributed by atoms with van der Waals surface area (Å²) in [5.74, 6) is 1.71. The molecule has 3 rings (SSSR count). The monoisotopic (exact) mass is 289 g/mol. The van der Waals surface area contributed by atoms with Crippen LogP contribution < -0.4 is 19.9 Å². The molecule has 0 unspecified atom stereocenters. The molecule has 4 nitrogen and oxygen atoms in total. The predicted molar refractivity (Wildman–Crippen MR) is 75.9 cm³/mol. The Kier molecular flexibility index (Phi) is 3.66. The minimum Gasteiger partial charge on any atom is -0.489 e. The van der Waals surface area contributed by atoms with Crippen molar-refractivity contribution in [1.82, 2.24) is 0 Å². The third kappa shape index (κ3) is 2.92. The SMILES string of the molecule is C[C@@H](N)c1cc(F)ccc1OCc1ccc2c(c1)OCO2. The molecule has 0 amide bonds. The second kappa shape index (κ2) is 5.61. The first-order valence-corrected chi connectivity index (χ1v) is 6.70. The highest BCUT2D eigenvalue weighted by Gasteiger charge is 2.14. The van der Waals surface area contributed by atoms with Crippen molar-refractivity contribution in [1.29, 1.82) is 0 Å². The van der Waals surface area contributed by atoms with Crippen molar-refractivity contribution >= 4 is 0 Å². The Bertz CT molecular complexity index is 658. The van der Waals surface area contributed by atoms with Crippen molar-refractivity contribution in [2.45, 2.75) is 19.6 Å². The molecule has 0 saturated carbocycles. The van der Waals surface area contributed by atoms with Crippen molar-refractivity contribution in [2.75, 3.05) is 6.79 Å². The van der Waals surface area contributed by atoms with Gasteiger partial charge in [-0.05, 0) is 42.8 Å². The molecular formula is C16H16FNO3. The van der Waals surface area contributed by atoms with E-state index in [2.05, 4.69) is 0 Å². The molecule has 1 atom stereocenters. The van der Waals surface area contributed by atoms with E-state index in [0.29, 0.717) is 23.7 Å². The Balaban J connectivity index is 1.76. The second-order valence-electron chi connectivity index (χ2n) is 4.95. The third-order valence-electron chi connectivity index (χ3n) is 3.29. The summed E-state index contributed by atoms with van der Waals surface area (Å²) in [5, 5.41) is 0. The Morgan fingerprint density at radius 3 is 2.81 bits per heavy atom. The minimum absolute atomic E-state index is 0.243. The molecule has 2 aromatic carbocycles. The van der Waals surface area contributed by atoms with E-state index >= 15 is 0 Å². The minimum atomic E-state index is -0.322. The number of rotatable bonds is 4. The van der Waals surface area contributed by atoms with Gasteiger partial charge in [-0.2, -0.15) is 0 Å². The Morgan fingerprint density at radius 2 is 2.00 bits per heavy atom. The number of ether oxygens (including phenoxy) is 3. The first-order valence-electron chi connectivity index (χ1n) is 6.70. The average Bonchev–Trinajstić information content (AvgIpc) is 2.93. The van der Waals surface area contributed by atoms with Crippen LogP contribution >= 0.6 is 0 Å². The van der Waals surface area contributed by atoms with Crippen LogP contribution in [-0.4, -0.2) is 6.79 Å². The van der Waals surface area contributed by atoms with Crippen molar-refractivity contribution in [3.05, 3.63) is 53.3 Å². The van der Waals surface area contributed by atoms with Crippen LogP contribution in [0.3, 0.4) is 0 Å². The highest BCUT2D eigenvalue weighted by molar-refractivity contribution is 5.44. The normalized spacial score (nSPS) is 14.0. The van der Waals surface area contributed by atoms with Gasteiger partial charge in [0.25, 0.3) is 0 Å². The number of hydrogen-bond donors (Lipinski definition) is 1. The van der Waals surface area contributed by atoms with E-state index < -0.39 is 0 Å². The molecule has 1 heterocycles. The molecule has 0 fully saturated rings. The Hall–Kier alpha value is -2.27. The molecule has 0 bridgehead atoms. The zero-order valence-corrected chi connectivity index (χ0v) is 11.6. The summed E-state index contributed by atoms with van der Waals surface area (Å²) < 4.78 is 29.6. The maximum Gasteiger partial charge on any atom is 0.231 e. The van der Waals surface area contributed by atoms with Crippen LogP contribution in [0.25, 0.3) is 0 Å². The maximum atomic E-state index is 13.3. The topological polar surface area (TPSA) is 53.7 Å². The first kappa shape index (κ1) is 13.7. The molecule has 0 saturated heterocycles. The number of nitrogens with two attached hydrogens (primary N) is 1. The standard InChI is InChI=1S/C16H16FNO3/c1-10(18)13-7-12(17)3-5-14(13)19-8-11-2-4-15-16(6-11)21-9-20-15/h2-7,10H,8-9,18H2,1H3/t10-/m1/s1. The molecule has 21 heavy (non-hydrogen) atoms. The molecule has 5 heteroatoms. The zero-order chi connectivity index (χ0) is 14.8. The van der Waals surface area contributed by atoms with E-state index in [4.69, 9.17) is 19.9 Å². The lowest BCUT2D eigenvalue weighted by molar-refractivity contribution is 0.174. The van der Waals surface area contributed by atoms with Crippen LogP contribution in [0, 0.1) is 5.82 Å². The van der Waals surface area contributed by atoms with Gasteiger partial charge in [0, 0.05) is 11.6 Å². The summed E-state index contributed by atoms with van der Waals surface area (Å²) in [6, 6.07) is 9.69. The maximum absolute atomic E-state index is 13.3. The molecule has 110 valence electrons. The number of halogens is 1. The van der Waals surface area contributed by atoms with E-state index in [0.717, 1.165) is 11.3 Å². The molecule has 2 N–H and O–H groups in total. The fourth-order valence-electron chi connectivity index (χ4n) is 2.20. The lowest BCUT2D eigenvalue weighted by Gasteiger charge is -2.14. The van der Waals surface area contributed by atoms with E-state index in [1.165, 1.54) is 12.1 Å². The number of benzene rings is 2. The van der Waals surface area contributed by atoms with Crippen LogP contribution in [0.15, 0.2) is 36.4 Å². The van der Waals surface area contributed by atoms with Crippen LogP contribution in [-0.2, 0) is 6.61 Å². The Labute approximate surface area is 122 Å². The van der Waals surface area contributed by atoms with Gasteiger partial charge in [-0.1, -0.05) is 6.07 Å². The van der Waals surface area contributed by atoms with Gasteiger partial charge < -0.3 is 19.9 Å². The smallest absolute Gasteiger partial charge is 0.231 e. The molecule has 2 aromatic rings. The molecule has 1 aliphatic rings. The van der Waals surface area contributed by atoms with Gasteiger partial charge in [0.05, 0.1) is 0 Å². The number of fused-ring (bicyclic) bond motifs is 1. The van der Waals surface area contributed by atoms with Crippen molar-refractivity contribution < 1.29 is 18.6 Å². The summed E-state index contributed by atoms with van der Waals surface area (Å²) in [6.45, 7) is 2.39. The lowest BCUT2D eigenvalue weighted by Crippen LogP contribution is -2.08. The zero-order valence-electron chi connectivity index (χ0n) is 11.6. The fourth-order valence-corrected chi connectivity index (χ4v) is 2.20. The van der Waals surface area contributed by atoms with Crippen LogP contribution in [0.2, 0.25) is 0 Å². The fraction of sp³-hybridized carbons (Fsp3) is 0.250. The van der Waals surface area contributed by atoms with Gasteiger partial charge in [0.15, 0.2) is 11.5 Å². The second-order valence-corrected chi connectivity index (χ2v) is 4.95. The molecule has 0 radical (unpaired) electrons. The first-order chi connectivity index (χ1) is 10.1. The van der Waals surface area contributed by atoms with Gasteiger partial charge in [0.2, 0.25) is 6.79 Å². The summed E-state index contributed by atoms with van der Waals surface area (Å²) >= 11 is 0. The van der Waals surface area contributed by atoms with Crippen molar-refractivity contribution in [3.8, 4) is 17.2 Å². The van der Waals surface area contributed by atoms with Crippen molar-refractivity contribution in [3.63, 3.8) is 0 Å². The van der Waals surface area contributed by atoms with Gasteiger partial charge in [-0.25, -0.2) is 4.39 Å². The van der Waals surface area contributed by atoms with E-state index in [-0.39, 0.29) is 18.7 Å². The number of hydrogen-bond acceptors (Lipinski definition) is 4. The molecule has 0 aromatic heterocycles. The van der Waals surface area contributed by atoms with Gasteiger partial charge in [0.1, 0.15) is 18.2 Å². The van der Waals surface area contributed by atoms with Gasteiger partial charge in [-0.3, -0.25) is 0 Å². The Morgan fingerprint density at radius 1 is 1.19 bits per heavy atom. The highest BCUT2D eigenvalue weighted by Crippen LogP contribution is 2.33. The van der Waals surface area contributed by atoms with Crippen LogP contribution in [0.4, 0.5) is 4.39 Å². The van der Waals surface area contributed by atoms with Crippen LogP contribution in [0.1, 0.15) is 24.1 Å². The van der Waals surface area contributed by atoms with Gasteiger partial charge >= 0.3 is 0 Å². The van der Waals surface area contributed by atoms with Gasteiger partial charge in [-0.15, -0.1) is 0 Å². The van der Waals surface area contributed by atoms with Crippen LogP contribution in [0.5, 0.6) is 17.2 Å². The van der Waals surface area contributed by atoms with Crippen molar-refractivity contribution in [2.24, 2.45) is 5.73 Å². The summed E-state index contributed by atoms with van der Waals surface area (Å²) in [4.78, 5) is 0.